The van der Waals surface area contributed by atoms with Gasteiger partial charge in [0.15, 0.2) is 0 Å². The molecule has 0 aromatic heterocycles. The molecule has 0 spiro atoms. The van der Waals surface area contributed by atoms with Crippen molar-refractivity contribution in [3.8, 4) is 5.75 Å². The second-order valence-electron chi connectivity index (χ2n) is 5.83. The second-order valence-corrected chi connectivity index (χ2v) is 5.83. The summed E-state index contributed by atoms with van der Waals surface area (Å²) in [6.07, 6.45) is 2.07. The molecule has 0 unspecified atom stereocenters. The Morgan fingerprint density at radius 3 is 2.50 bits per heavy atom. The first-order valence-electron chi connectivity index (χ1n) is 7.51. The van der Waals surface area contributed by atoms with Crippen LogP contribution in [0.5, 0.6) is 5.75 Å². The SMILES string of the molecule is CCCC[C@H](NC(=O)C(C)(C)c1ccccc1OC)C(=O)O. The van der Waals surface area contributed by atoms with E-state index in [2.05, 4.69) is 5.32 Å². The fraction of sp³-hybridized carbons (Fsp3) is 0.529. The van der Waals surface area contributed by atoms with Crippen LogP contribution in [0.15, 0.2) is 24.3 Å². The van der Waals surface area contributed by atoms with Crippen LogP contribution in [0.1, 0.15) is 45.6 Å². The highest BCUT2D eigenvalue weighted by Crippen LogP contribution is 2.31. The number of nitrogens with one attached hydrogen (secondary N) is 1. The van der Waals surface area contributed by atoms with Crippen molar-refractivity contribution in [1.29, 1.82) is 0 Å². The number of hydrogen-bond donors (Lipinski definition) is 2. The molecule has 0 radical (unpaired) electrons. The smallest absolute Gasteiger partial charge is 0.326 e. The fourth-order valence-corrected chi connectivity index (χ4v) is 2.29. The first-order chi connectivity index (χ1) is 10.3. The van der Waals surface area contributed by atoms with Gasteiger partial charge in [0.25, 0.3) is 0 Å². The van der Waals surface area contributed by atoms with Crippen LogP contribution in [-0.2, 0) is 15.0 Å². The number of hydrogen-bond acceptors (Lipinski definition) is 3. The maximum atomic E-state index is 12.6. The maximum Gasteiger partial charge on any atom is 0.326 e. The van der Waals surface area contributed by atoms with Gasteiger partial charge in [0.05, 0.1) is 12.5 Å². The molecule has 5 nitrogen and oxygen atoms in total. The Hall–Kier alpha value is -2.04. The lowest BCUT2D eigenvalue weighted by Gasteiger charge is -2.27. The lowest BCUT2D eigenvalue weighted by Crippen LogP contribution is -2.48. The van der Waals surface area contributed by atoms with Crippen molar-refractivity contribution in [2.45, 2.75) is 51.5 Å². The quantitative estimate of drug-likeness (QED) is 0.774. The number of benzene rings is 1. The number of carboxylic acids is 1. The molecule has 1 atom stereocenters. The van der Waals surface area contributed by atoms with E-state index in [4.69, 9.17) is 4.74 Å². The second kappa shape index (κ2) is 7.82. The highest BCUT2D eigenvalue weighted by Gasteiger charge is 2.34. The molecule has 0 aliphatic carbocycles. The number of para-hydroxylation sites is 1. The van der Waals surface area contributed by atoms with Crippen LogP contribution >= 0.6 is 0 Å². The number of methoxy groups -OCH3 is 1. The summed E-state index contributed by atoms with van der Waals surface area (Å²) in [5.41, 5.74) is -0.151. The predicted molar refractivity (Wildman–Crippen MR) is 85.1 cm³/mol. The monoisotopic (exact) mass is 307 g/mol. The van der Waals surface area contributed by atoms with Crippen molar-refractivity contribution in [3.63, 3.8) is 0 Å². The number of ether oxygens (including phenoxy) is 1. The van der Waals surface area contributed by atoms with E-state index in [0.717, 1.165) is 18.4 Å². The van der Waals surface area contributed by atoms with E-state index in [9.17, 15) is 14.7 Å². The zero-order valence-corrected chi connectivity index (χ0v) is 13.7. The van der Waals surface area contributed by atoms with Crippen molar-refractivity contribution in [3.05, 3.63) is 29.8 Å². The van der Waals surface area contributed by atoms with E-state index in [1.807, 2.05) is 25.1 Å². The van der Waals surface area contributed by atoms with Gasteiger partial charge in [0.1, 0.15) is 11.8 Å². The number of amides is 1. The molecular formula is C17H25NO4. The van der Waals surface area contributed by atoms with Gasteiger partial charge in [-0.25, -0.2) is 4.79 Å². The summed E-state index contributed by atoms with van der Waals surface area (Å²) in [5, 5.41) is 11.9. The molecule has 1 aromatic carbocycles. The minimum Gasteiger partial charge on any atom is -0.496 e. The highest BCUT2D eigenvalue weighted by atomic mass is 16.5. The number of carbonyl (C=O) groups is 2. The van der Waals surface area contributed by atoms with Gasteiger partial charge in [0, 0.05) is 5.56 Å². The van der Waals surface area contributed by atoms with Gasteiger partial charge in [-0.15, -0.1) is 0 Å². The largest absolute Gasteiger partial charge is 0.496 e. The molecule has 2 N–H and O–H groups in total. The summed E-state index contributed by atoms with van der Waals surface area (Å²) in [6.45, 7) is 5.51. The summed E-state index contributed by atoms with van der Waals surface area (Å²) >= 11 is 0. The topological polar surface area (TPSA) is 75.6 Å². The molecule has 22 heavy (non-hydrogen) atoms. The Labute approximate surface area is 131 Å². The summed E-state index contributed by atoms with van der Waals surface area (Å²) in [6, 6.07) is 6.41. The van der Waals surface area contributed by atoms with Crippen molar-refractivity contribution >= 4 is 11.9 Å². The van der Waals surface area contributed by atoms with Gasteiger partial charge >= 0.3 is 5.97 Å². The third-order valence-corrected chi connectivity index (χ3v) is 3.80. The molecule has 5 heteroatoms. The summed E-state index contributed by atoms with van der Waals surface area (Å²) in [5.74, 6) is -0.707. The van der Waals surface area contributed by atoms with E-state index >= 15 is 0 Å². The van der Waals surface area contributed by atoms with Crippen LogP contribution in [0.2, 0.25) is 0 Å². The van der Waals surface area contributed by atoms with Crippen LogP contribution in [0.25, 0.3) is 0 Å². The molecule has 1 aromatic rings. The summed E-state index contributed by atoms with van der Waals surface area (Å²) < 4.78 is 5.30. The van der Waals surface area contributed by atoms with Crippen LogP contribution in [0, 0.1) is 0 Å². The van der Waals surface area contributed by atoms with E-state index < -0.39 is 17.4 Å². The molecule has 0 saturated heterocycles. The molecular weight excluding hydrogens is 282 g/mol. The Balaban J connectivity index is 2.96. The average Bonchev–Trinajstić information content (AvgIpc) is 2.50. The third-order valence-electron chi connectivity index (χ3n) is 3.80. The lowest BCUT2D eigenvalue weighted by molar-refractivity contribution is -0.142. The average molecular weight is 307 g/mol. The van der Waals surface area contributed by atoms with E-state index in [1.165, 1.54) is 0 Å². The number of rotatable bonds is 8. The van der Waals surface area contributed by atoms with E-state index in [1.54, 1.807) is 27.0 Å². The zero-order valence-electron chi connectivity index (χ0n) is 13.7. The standard InChI is InChI=1S/C17H25NO4/c1-5-6-10-13(15(19)20)18-16(21)17(2,3)12-9-7-8-11-14(12)22-4/h7-9,11,13H,5-6,10H2,1-4H3,(H,18,21)(H,19,20)/t13-/m0/s1. The van der Waals surface area contributed by atoms with E-state index in [-0.39, 0.29) is 5.91 Å². The molecule has 0 aliphatic heterocycles. The van der Waals surface area contributed by atoms with Gasteiger partial charge in [-0.2, -0.15) is 0 Å². The first-order valence-corrected chi connectivity index (χ1v) is 7.51. The highest BCUT2D eigenvalue weighted by molar-refractivity contribution is 5.91. The van der Waals surface area contributed by atoms with Crippen molar-refractivity contribution in [1.82, 2.24) is 5.32 Å². The number of aliphatic carboxylic acids is 1. The van der Waals surface area contributed by atoms with Gasteiger partial charge in [-0.3, -0.25) is 4.79 Å². The van der Waals surface area contributed by atoms with Crippen molar-refractivity contribution in [2.24, 2.45) is 0 Å². The number of carboxylic acid groups (broad SMARTS) is 1. The fourth-order valence-electron chi connectivity index (χ4n) is 2.29. The summed E-state index contributed by atoms with van der Waals surface area (Å²) in [4.78, 5) is 23.9. The maximum absolute atomic E-state index is 12.6. The predicted octanol–water partition coefficient (Wildman–Crippen LogP) is 2.73. The Morgan fingerprint density at radius 1 is 1.32 bits per heavy atom. The van der Waals surface area contributed by atoms with Crippen LogP contribution in [0.4, 0.5) is 0 Å². The third kappa shape index (κ3) is 4.23. The zero-order chi connectivity index (χ0) is 16.8. The molecule has 0 fully saturated rings. The minimum atomic E-state index is -1.00. The minimum absolute atomic E-state index is 0.319. The molecule has 0 heterocycles. The van der Waals surface area contributed by atoms with Crippen LogP contribution in [-0.4, -0.2) is 30.1 Å². The van der Waals surface area contributed by atoms with Crippen molar-refractivity contribution < 1.29 is 19.4 Å². The van der Waals surface area contributed by atoms with Crippen LogP contribution < -0.4 is 10.1 Å². The molecule has 0 saturated carbocycles. The van der Waals surface area contributed by atoms with Gasteiger partial charge in [-0.05, 0) is 26.3 Å². The number of carbonyl (C=O) groups excluding carboxylic acids is 1. The van der Waals surface area contributed by atoms with Crippen molar-refractivity contribution in [2.75, 3.05) is 7.11 Å². The Kier molecular flexibility index (Phi) is 6.40. The molecule has 1 amide bonds. The molecule has 122 valence electrons. The van der Waals surface area contributed by atoms with Gasteiger partial charge in [-0.1, -0.05) is 38.0 Å². The Bertz CT molecular complexity index is 525. The molecule has 1 rings (SSSR count). The van der Waals surface area contributed by atoms with Gasteiger partial charge < -0.3 is 15.2 Å². The summed E-state index contributed by atoms with van der Waals surface area (Å²) in [7, 11) is 1.55. The van der Waals surface area contributed by atoms with E-state index in [0.29, 0.717) is 12.2 Å². The molecule has 0 bridgehead atoms. The first kappa shape index (κ1) is 18.0. The molecule has 0 aliphatic rings. The van der Waals surface area contributed by atoms with Crippen LogP contribution in [0.3, 0.4) is 0 Å². The lowest BCUT2D eigenvalue weighted by atomic mass is 9.82. The number of unbranched alkanes of at least 4 members (excludes halogenated alkanes) is 1. The van der Waals surface area contributed by atoms with Gasteiger partial charge in [0.2, 0.25) is 5.91 Å². The Morgan fingerprint density at radius 2 is 1.95 bits per heavy atom. The normalized spacial score (nSPS) is 12.5.